The van der Waals surface area contributed by atoms with Crippen molar-refractivity contribution in [3.05, 3.63) is 29.8 Å². The fraction of sp³-hybridized carbons (Fsp3) is 0.462. The minimum atomic E-state index is -0.339. The van der Waals surface area contributed by atoms with Crippen molar-refractivity contribution in [1.29, 1.82) is 0 Å². The third-order valence-corrected chi connectivity index (χ3v) is 2.36. The fourth-order valence-electron chi connectivity index (χ4n) is 1.28. The van der Waals surface area contributed by atoms with Crippen molar-refractivity contribution >= 4 is 16.8 Å². The predicted molar refractivity (Wildman–Crippen MR) is 66.0 cm³/mol. The molecule has 88 valence electrons. The molecule has 0 aliphatic heterocycles. The fourth-order valence-corrected chi connectivity index (χ4v) is 1.43. The number of carbonyl (C=O) groups excluding carboxylic acids is 1. The van der Waals surface area contributed by atoms with E-state index in [1.165, 1.54) is 0 Å². The van der Waals surface area contributed by atoms with Crippen LogP contribution in [0, 0.1) is 5.92 Å². The highest BCUT2D eigenvalue weighted by Crippen LogP contribution is 2.14. The Morgan fingerprint density at radius 2 is 1.94 bits per heavy atom. The number of halogens is 1. The highest BCUT2D eigenvalue weighted by atomic mass is 35.5. The molecule has 0 heterocycles. The summed E-state index contributed by atoms with van der Waals surface area (Å²) >= 11 is 5.30. The maximum Gasteiger partial charge on any atom is 0.226 e. The Hall–Kier alpha value is -1.02. The van der Waals surface area contributed by atoms with Crippen LogP contribution in [0.2, 0.25) is 0 Å². The molecule has 0 bridgehead atoms. The van der Waals surface area contributed by atoms with Crippen molar-refractivity contribution in [2.75, 3.05) is 6.61 Å². The molecule has 0 amide bonds. The lowest BCUT2D eigenvalue weighted by Gasteiger charge is -2.08. The number of benzene rings is 1. The molecule has 0 aromatic heterocycles. The maximum absolute atomic E-state index is 10.7. The Balaban J connectivity index is 2.42. The molecule has 0 radical (unpaired) electrons. The minimum Gasteiger partial charge on any atom is -0.494 e. The summed E-state index contributed by atoms with van der Waals surface area (Å²) in [6.45, 7) is 5.06. The molecule has 0 unspecified atom stereocenters. The standard InChI is InChI=1S/C13H17ClO2/c1-10(2)7-8-16-12-5-3-11(4-6-12)9-13(14)15/h3-6,10H,7-9H2,1-2H3. The monoisotopic (exact) mass is 240 g/mol. The zero-order valence-electron chi connectivity index (χ0n) is 9.70. The zero-order chi connectivity index (χ0) is 12.0. The maximum atomic E-state index is 10.7. The molecule has 0 saturated heterocycles. The average Bonchev–Trinajstić information content (AvgIpc) is 2.19. The van der Waals surface area contributed by atoms with E-state index >= 15 is 0 Å². The van der Waals surface area contributed by atoms with Gasteiger partial charge in [0.25, 0.3) is 0 Å². The van der Waals surface area contributed by atoms with E-state index in [1.54, 1.807) is 0 Å². The molecule has 3 heteroatoms. The molecule has 1 aromatic rings. The van der Waals surface area contributed by atoms with Crippen LogP contribution in [-0.4, -0.2) is 11.8 Å². The quantitative estimate of drug-likeness (QED) is 0.713. The van der Waals surface area contributed by atoms with E-state index in [2.05, 4.69) is 13.8 Å². The topological polar surface area (TPSA) is 26.3 Å². The van der Waals surface area contributed by atoms with Crippen LogP contribution < -0.4 is 4.74 Å². The van der Waals surface area contributed by atoms with Gasteiger partial charge in [-0.15, -0.1) is 0 Å². The van der Waals surface area contributed by atoms with Gasteiger partial charge in [0.2, 0.25) is 5.24 Å². The number of rotatable bonds is 6. The molecular weight excluding hydrogens is 224 g/mol. The molecule has 0 fully saturated rings. The molecular formula is C13H17ClO2. The Morgan fingerprint density at radius 1 is 1.31 bits per heavy atom. The number of ether oxygens (including phenoxy) is 1. The van der Waals surface area contributed by atoms with Gasteiger partial charge in [0.05, 0.1) is 6.61 Å². The second-order valence-corrected chi connectivity index (χ2v) is 4.63. The van der Waals surface area contributed by atoms with Crippen LogP contribution in [0.4, 0.5) is 0 Å². The average molecular weight is 241 g/mol. The summed E-state index contributed by atoms with van der Waals surface area (Å²) in [7, 11) is 0. The van der Waals surface area contributed by atoms with Gasteiger partial charge < -0.3 is 4.74 Å². The van der Waals surface area contributed by atoms with E-state index in [1.807, 2.05) is 24.3 Å². The summed E-state index contributed by atoms with van der Waals surface area (Å²) in [4.78, 5) is 10.7. The molecule has 0 aliphatic rings. The highest BCUT2D eigenvalue weighted by Gasteiger charge is 2.00. The third kappa shape index (κ3) is 5.17. The second kappa shape index (κ2) is 6.54. The molecule has 0 saturated carbocycles. The summed E-state index contributed by atoms with van der Waals surface area (Å²) in [6.07, 6.45) is 1.32. The Morgan fingerprint density at radius 3 is 2.44 bits per heavy atom. The molecule has 0 spiro atoms. The molecule has 1 rings (SSSR count). The van der Waals surface area contributed by atoms with Crippen molar-refractivity contribution in [2.24, 2.45) is 5.92 Å². The van der Waals surface area contributed by atoms with Crippen LogP contribution in [-0.2, 0) is 11.2 Å². The van der Waals surface area contributed by atoms with Gasteiger partial charge in [0.1, 0.15) is 5.75 Å². The van der Waals surface area contributed by atoms with Gasteiger partial charge in [0, 0.05) is 6.42 Å². The number of hydrogen-bond donors (Lipinski definition) is 0. The van der Waals surface area contributed by atoms with E-state index in [9.17, 15) is 4.79 Å². The zero-order valence-corrected chi connectivity index (χ0v) is 10.5. The molecule has 0 aliphatic carbocycles. The molecule has 0 atom stereocenters. The highest BCUT2D eigenvalue weighted by molar-refractivity contribution is 6.63. The van der Waals surface area contributed by atoms with Gasteiger partial charge in [-0.3, -0.25) is 4.79 Å². The summed E-state index contributed by atoms with van der Waals surface area (Å²) in [5, 5.41) is -0.339. The molecule has 0 N–H and O–H groups in total. The lowest BCUT2D eigenvalue weighted by molar-refractivity contribution is -0.111. The third-order valence-electron chi connectivity index (χ3n) is 2.23. The van der Waals surface area contributed by atoms with Crippen molar-refractivity contribution in [1.82, 2.24) is 0 Å². The first-order valence-corrected chi connectivity index (χ1v) is 5.86. The summed E-state index contributed by atoms with van der Waals surface area (Å²) in [5.74, 6) is 1.49. The van der Waals surface area contributed by atoms with Crippen molar-refractivity contribution < 1.29 is 9.53 Å². The van der Waals surface area contributed by atoms with Gasteiger partial charge >= 0.3 is 0 Å². The van der Waals surface area contributed by atoms with Crippen LogP contribution in [0.15, 0.2) is 24.3 Å². The van der Waals surface area contributed by atoms with Crippen molar-refractivity contribution in [3.8, 4) is 5.75 Å². The van der Waals surface area contributed by atoms with E-state index in [0.717, 1.165) is 24.3 Å². The van der Waals surface area contributed by atoms with Crippen LogP contribution in [0.25, 0.3) is 0 Å². The first-order chi connectivity index (χ1) is 7.58. The second-order valence-electron chi connectivity index (χ2n) is 4.21. The molecule has 2 nitrogen and oxygen atoms in total. The van der Waals surface area contributed by atoms with E-state index in [-0.39, 0.29) is 11.7 Å². The van der Waals surface area contributed by atoms with Gasteiger partial charge in [-0.25, -0.2) is 0 Å². The van der Waals surface area contributed by atoms with Crippen LogP contribution >= 0.6 is 11.6 Å². The lowest BCUT2D eigenvalue weighted by atomic mass is 10.1. The van der Waals surface area contributed by atoms with E-state index in [4.69, 9.17) is 16.3 Å². The van der Waals surface area contributed by atoms with E-state index in [0.29, 0.717) is 5.92 Å². The van der Waals surface area contributed by atoms with Gasteiger partial charge in [-0.2, -0.15) is 0 Å². The van der Waals surface area contributed by atoms with Crippen LogP contribution in [0.3, 0.4) is 0 Å². The smallest absolute Gasteiger partial charge is 0.226 e. The number of hydrogen-bond acceptors (Lipinski definition) is 2. The van der Waals surface area contributed by atoms with Crippen molar-refractivity contribution in [2.45, 2.75) is 26.7 Å². The lowest BCUT2D eigenvalue weighted by Crippen LogP contribution is -2.01. The normalized spacial score (nSPS) is 10.5. The first-order valence-electron chi connectivity index (χ1n) is 5.48. The summed E-state index contributed by atoms with van der Waals surface area (Å²) in [6, 6.07) is 7.47. The van der Waals surface area contributed by atoms with Crippen LogP contribution in [0.5, 0.6) is 5.75 Å². The van der Waals surface area contributed by atoms with Crippen LogP contribution in [0.1, 0.15) is 25.8 Å². The molecule has 16 heavy (non-hydrogen) atoms. The predicted octanol–water partition coefficient (Wildman–Crippen LogP) is 3.42. The Labute approximate surface area is 102 Å². The Kier molecular flexibility index (Phi) is 5.33. The molecule has 1 aromatic carbocycles. The number of carbonyl (C=O) groups is 1. The SMILES string of the molecule is CC(C)CCOc1ccc(CC(=O)Cl)cc1. The van der Waals surface area contributed by atoms with Gasteiger partial charge in [-0.1, -0.05) is 26.0 Å². The summed E-state index contributed by atoms with van der Waals surface area (Å²) in [5.41, 5.74) is 0.913. The van der Waals surface area contributed by atoms with Gasteiger partial charge in [0.15, 0.2) is 0 Å². The Bertz CT molecular complexity index is 330. The minimum absolute atomic E-state index is 0.272. The van der Waals surface area contributed by atoms with Crippen molar-refractivity contribution in [3.63, 3.8) is 0 Å². The first kappa shape index (κ1) is 13.0. The summed E-state index contributed by atoms with van der Waals surface area (Å²) < 4.78 is 5.56. The van der Waals surface area contributed by atoms with E-state index < -0.39 is 0 Å². The largest absolute Gasteiger partial charge is 0.494 e. The van der Waals surface area contributed by atoms with Gasteiger partial charge in [-0.05, 0) is 41.6 Å².